The maximum absolute atomic E-state index is 14.5. The highest BCUT2D eigenvalue weighted by Crippen LogP contribution is 2.29. The van der Waals surface area contributed by atoms with Crippen LogP contribution in [0.15, 0.2) is 42.5 Å². The fraction of sp³-hybridized carbons (Fsp3) is 0.639. The molecule has 1 aliphatic rings. The summed E-state index contributed by atoms with van der Waals surface area (Å²) in [5.74, 6) is 1.03. The zero-order chi connectivity index (χ0) is 29.0. The fourth-order valence-corrected chi connectivity index (χ4v) is 5.66. The molecule has 1 saturated carbocycles. The van der Waals surface area contributed by atoms with E-state index in [-0.39, 0.29) is 11.5 Å². The Balaban J connectivity index is 1.25. The highest BCUT2D eigenvalue weighted by molar-refractivity contribution is 5.91. The van der Waals surface area contributed by atoms with Crippen LogP contribution in [-0.2, 0) is 0 Å². The van der Waals surface area contributed by atoms with Gasteiger partial charge in [0.25, 0.3) is 0 Å². The van der Waals surface area contributed by atoms with Crippen molar-refractivity contribution in [2.24, 2.45) is 5.92 Å². The van der Waals surface area contributed by atoms with Gasteiger partial charge >= 0.3 is 5.97 Å². The molecule has 41 heavy (non-hydrogen) atoms. The molecule has 0 radical (unpaired) electrons. The third-order valence-corrected chi connectivity index (χ3v) is 8.21. The Hall–Kier alpha value is -2.56. The lowest BCUT2D eigenvalue weighted by Crippen LogP contribution is -2.09. The van der Waals surface area contributed by atoms with Crippen molar-refractivity contribution >= 4 is 5.97 Å². The monoisotopic (exact) mass is 568 g/mol. The molecule has 0 aliphatic heterocycles. The molecule has 1 aliphatic carbocycles. The highest BCUT2D eigenvalue weighted by Gasteiger charge is 2.14. The number of carbonyl (C=O) groups is 1. The molecule has 0 saturated heterocycles. The van der Waals surface area contributed by atoms with Gasteiger partial charge in [0.05, 0.1) is 18.8 Å². The van der Waals surface area contributed by atoms with Crippen molar-refractivity contribution in [1.29, 1.82) is 0 Å². The second-order valence-electron chi connectivity index (χ2n) is 11.7. The Bertz CT molecular complexity index is 968. The zero-order valence-corrected chi connectivity index (χ0v) is 25.5. The minimum atomic E-state index is -0.532. The van der Waals surface area contributed by atoms with Gasteiger partial charge in [0, 0.05) is 6.07 Å². The molecule has 3 rings (SSSR count). The van der Waals surface area contributed by atoms with Gasteiger partial charge in [-0.2, -0.15) is 0 Å². The van der Waals surface area contributed by atoms with E-state index in [0.717, 1.165) is 30.9 Å². The number of hydrogen-bond donors (Lipinski definition) is 0. The van der Waals surface area contributed by atoms with Crippen LogP contribution in [0.4, 0.5) is 4.39 Å². The van der Waals surface area contributed by atoms with E-state index in [1.165, 1.54) is 115 Å². The van der Waals surface area contributed by atoms with Crippen LogP contribution < -0.4 is 14.2 Å². The molecular weight excluding hydrogens is 515 g/mol. The van der Waals surface area contributed by atoms with E-state index in [4.69, 9.17) is 14.2 Å². The van der Waals surface area contributed by atoms with E-state index in [9.17, 15) is 9.18 Å². The third kappa shape index (κ3) is 13.8. The van der Waals surface area contributed by atoms with Crippen LogP contribution in [0.5, 0.6) is 17.2 Å². The Labute approximate surface area is 248 Å². The van der Waals surface area contributed by atoms with Gasteiger partial charge in [-0.05, 0) is 55.2 Å². The number of hydrogen-bond acceptors (Lipinski definition) is 4. The number of unbranched alkanes of at least 4 members (excludes halogenated alkanes) is 12. The van der Waals surface area contributed by atoms with Gasteiger partial charge in [-0.25, -0.2) is 9.18 Å². The quantitative estimate of drug-likeness (QED) is 0.0805. The van der Waals surface area contributed by atoms with Crippen molar-refractivity contribution in [1.82, 2.24) is 0 Å². The van der Waals surface area contributed by atoms with Gasteiger partial charge < -0.3 is 14.2 Å². The summed E-state index contributed by atoms with van der Waals surface area (Å²) in [5.41, 5.74) is 0.392. The van der Waals surface area contributed by atoms with Crippen LogP contribution in [0.1, 0.15) is 139 Å². The van der Waals surface area contributed by atoms with Crippen molar-refractivity contribution in [2.75, 3.05) is 13.2 Å². The van der Waals surface area contributed by atoms with Gasteiger partial charge in [-0.1, -0.05) is 116 Å². The number of carbonyl (C=O) groups excluding carboxylic acids is 1. The largest absolute Gasteiger partial charge is 0.494 e. The van der Waals surface area contributed by atoms with E-state index in [1.54, 1.807) is 30.3 Å². The minimum Gasteiger partial charge on any atom is -0.494 e. The van der Waals surface area contributed by atoms with Gasteiger partial charge in [-0.15, -0.1) is 0 Å². The average Bonchev–Trinajstić information content (AvgIpc) is 3.50. The van der Waals surface area contributed by atoms with E-state index in [1.807, 2.05) is 0 Å². The Morgan fingerprint density at radius 1 is 0.707 bits per heavy atom. The van der Waals surface area contributed by atoms with Gasteiger partial charge in [0.1, 0.15) is 11.5 Å². The smallest absolute Gasteiger partial charge is 0.343 e. The molecule has 0 spiro atoms. The summed E-state index contributed by atoms with van der Waals surface area (Å²) in [7, 11) is 0. The van der Waals surface area contributed by atoms with Crippen LogP contribution in [0.3, 0.4) is 0 Å². The van der Waals surface area contributed by atoms with E-state index < -0.39 is 11.8 Å². The summed E-state index contributed by atoms with van der Waals surface area (Å²) in [5, 5.41) is 0. The number of esters is 1. The number of ether oxygens (including phenoxy) is 3. The summed E-state index contributed by atoms with van der Waals surface area (Å²) in [6.45, 7) is 3.40. The lowest BCUT2D eigenvalue weighted by atomic mass is 9.99. The Morgan fingerprint density at radius 2 is 1.27 bits per heavy atom. The minimum absolute atomic E-state index is 0.160. The first kappa shape index (κ1) is 32.9. The molecule has 4 nitrogen and oxygen atoms in total. The van der Waals surface area contributed by atoms with Crippen molar-refractivity contribution in [3.05, 3.63) is 53.8 Å². The maximum Gasteiger partial charge on any atom is 0.343 e. The summed E-state index contributed by atoms with van der Waals surface area (Å²) in [6, 6.07) is 11.2. The first-order chi connectivity index (χ1) is 20.2. The van der Waals surface area contributed by atoms with Gasteiger partial charge in [0.15, 0.2) is 11.6 Å². The number of halogens is 1. The van der Waals surface area contributed by atoms with E-state index in [2.05, 4.69) is 6.92 Å². The SMILES string of the molecule is CCCCCCCCCCOc1ccc(C(=O)Oc2ccc(OCCCCCCCCC3CCCC3)c(F)c2)cc1. The first-order valence-corrected chi connectivity index (χ1v) is 16.5. The summed E-state index contributed by atoms with van der Waals surface area (Å²) < 4.78 is 31.4. The molecule has 0 bridgehead atoms. The van der Waals surface area contributed by atoms with Crippen LogP contribution in [0.25, 0.3) is 0 Å². The Morgan fingerprint density at radius 3 is 1.90 bits per heavy atom. The zero-order valence-electron chi connectivity index (χ0n) is 25.5. The summed E-state index contributed by atoms with van der Waals surface area (Å²) in [6.07, 6.45) is 24.4. The van der Waals surface area contributed by atoms with Crippen LogP contribution in [-0.4, -0.2) is 19.2 Å². The first-order valence-electron chi connectivity index (χ1n) is 16.5. The highest BCUT2D eigenvalue weighted by atomic mass is 19.1. The van der Waals surface area contributed by atoms with E-state index in [0.29, 0.717) is 18.8 Å². The average molecular weight is 569 g/mol. The lowest BCUT2D eigenvalue weighted by molar-refractivity contribution is 0.0734. The van der Waals surface area contributed by atoms with Gasteiger partial charge in [0.2, 0.25) is 0 Å². The Kier molecular flexibility index (Phi) is 16.3. The topological polar surface area (TPSA) is 44.8 Å². The predicted molar refractivity (Wildman–Crippen MR) is 166 cm³/mol. The van der Waals surface area contributed by atoms with Gasteiger partial charge in [-0.3, -0.25) is 0 Å². The lowest BCUT2D eigenvalue weighted by Gasteiger charge is -2.10. The molecule has 228 valence electrons. The molecule has 5 heteroatoms. The third-order valence-electron chi connectivity index (χ3n) is 8.21. The second kappa shape index (κ2) is 20.3. The molecular formula is C36H53FO4. The normalized spacial score (nSPS) is 13.4. The molecule has 0 unspecified atom stereocenters. The summed E-state index contributed by atoms with van der Waals surface area (Å²) in [4.78, 5) is 12.5. The van der Waals surface area contributed by atoms with Crippen molar-refractivity contribution < 1.29 is 23.4 Å². The molecule has 0 aromatic heterocycles. The molecule has 0 atom stereocenters. The molecule has 2 aromatic carbocycles. The predicted octanol–water partition coefficient (Wildman–Crippen LogP) is 10.9. The molecule has 1 fully saturated rings. The summed E-state index contributed by atoms with van der Waals surface area (Å²) >= 11 is 0. The molecule has 2 aromatic rings. The molecule has 0 heterocycles. The molecule has 0 amide bonds. The van der Waals surface area contributed by atoms with Crippen molar-refractivity contribution in [3.63, 3.8) is 0 Å². The van der Waals surface area contributed by atoms with E-state index >= 15 is 0 Å². The number of benzene rings is 2. The maximum atomic E-state index is 14.5. The fourth-order valence-electron chi connectivity index (χ4n) is 5.66. The van der Waals surface area contributed by atoms with Crippen molar-refractivity contribution in [2.45, 2.75) is 129 Å². The van der Waals surface area contributed by atoms with Crippen LogP contribution in [0, 0.1) is 11.7 Å². The standard InChI is InChI=1S/C36H53FO4/c1-2-3-4-5-6-8-11-16-27-39-32-23-21-31(22-24-32)36(38)41-33-25-26-35(34(37)29-33)40-28-17-12-9-7-10-13-18-30-19-14-15-20-30/h21-26,29-30H,2-20,27-28H2,1H3. The second-order valence-corrected chi connectivity index (χ2v) is 11.7. The molecule has 0 N–H and O–H groups in total. The van der Waals surface area contributed by atoms with Crippen LogP contribution in [0.2, 0.25) is 0 Å². The van der Waals surface area contributed by atoms with Crippen LogP contribution >= 0.6 is 0 Å². The number of rotatable bonds is 22. The van der Waals surface area contributed by atoms with Crippen molar-refractivity contribution in [3.8, 4) is 17.2 Å².